The van der Waals surface area contributed by atoms with Crippen LogP contribution in [0.3, 0.4) is 0 Å². The second kappa shape index (κ2) is 8.87. The maximum absolute atomic E-state index is 5.66. The predicted molar refractivity (Wildman–Crippen MR) is 102 cm³/mol. The van der Waals surface area contributed by atoms with E-state index in [2.05, 4.69) is 40.3 Å². The van der Waals surface area contributed by atoms with E-state index in [1.54, 1.807) is 7.11 Å². The minimum absolute atomic E-state index is 0.204. The van der Waals surface area contributed by atoms with Crippen LogP contribution in [0.15, 0.2) is 36.5 Å². The number of ether oxygens (including phenoxy) is 3. The highest BCUT2D eigenvalue weighted by atomic mass is 16.6. The van der Waals surface area contributed by atoms with Crippen molar-refractivity contribution < 1.29 is 14.2 Å². The van der Waals surface area contributed by atoms with Crippen LogP contribution in [-0.2, 0) is 11.3 Å². The number of rotatable bonds is 8. The fourth-order valence-corrected chi connectivity index (χ4v) is 2.81. The second-order valence-corrected chi connectivity index (χ2v) is 6.44. The Morgan fingerprint density at radius 2 is 2.00 bits per heavy atom. The van der Waals surface area contributed by atoms with E-state index < -0.39 is 0 Å². The van der Waals surface area contributed by atoms with Gasteiger partial charge in [-0.2, -0.15) is 0 Å². The van der Waals surface area contributed by atoms with E-state index in [4.69, 9.17) is 14.2 Å². The summed E-state index contributed by atoms with van der Waals surface area (Å²) in [6, 6.07) is 10.5. The molecule has 0 radical (unpaired) electrons. The van der Waals surface area contributed by atoms with Gasteiger partial charge in [0.15, 0.2) is 11.5 Å². The fourth-order valence-electron chi connectivity index (χ4n) is 2.81. The molecule has 6 heteroatoms. The van der Waals surface area contributed by atoms with Gasteiger partial charge in [0.1, 0.15) is 19.0 Å². The third-order valence-corrected chi connectivity index (χ3v) is 4.51. The van der Waals surface area contributed by atoms with Gasteiger partial charge in [-0.25, -0.2) is 4.98 Å². The highest BCUT2D eigenvalue weighted by Gasteiger charge is 2.14. The van der Waals surface area contributed by atoms with E-state index in [9.17, 15) is 0 Å². The van der Waals surface area contributed by atoms with Crippen molar-refractivity contribution in [2.45, 2.75) is 19.5 Å². The lowest BCUT2D eigenvalue weighted by Crippen LogP contribution is -2.23. The van der Waals surface area contributed by atoms with Gasteiger partial charge in [-0.05, 0) is 36.2 Å². The average Bonchev–Trinajstić information content (AvgIpc) is 2.70. The van der Waals surface area contributed by atoms with Crippen molar-refractivity contribution in [2.24, 2.45) is 0 Å². The molecule has 6 nitrogen and oxygen atoms in total. The molecule has 0 fully saturated rings. The Labute approximate surface area is 155 Å². The highest BCUT2D eigenvalue weighted by molar-refractivity contribution is 5.44. The van der Waals surface area contributed by atoms with Crippen molar-refractivity contribution in [2.75, 3.05) is 45.4 Å². The zero-order valence-corrected chi connectivity index (χ0v) is 15.7. The number of pyridine rings is 1. The molecule has 0 amide bonds. The van der Waals surface area contributed by atoms with Gasteiger partial charge in [-0.1, -0.05) is 12.1 Å². The van der Waals surface area contributed by atoms with Crippen molar-refractivity contribution in [3.05, 3.63) is 47.7 Å². The molecular formula is C20H27N3O3. The number of likely N-dealkylation sites (N-methyl/N-ethyl adjacent to an activating group) is 1. The molecule has 2 aromatic rings. The summed E-state index contributed by atoms with van der Waals surface area (Å²) >= 11 is 0. The van der Waals surface area contributed by atoms with Crippen molar-refractivity contribution in [1.29, 1.82) is 0 Å². The first-order valence-corrected chi connectivity index (χ1v) is 8.95. The molecule has 2 heterocycles. The molecule has 1 N–H and O–H groups in total. The molecule has 0 bridgehead atoms. The van der Waals surface area contributed by atoms with Crippen LogP contribution in [0, 0.1) is 0 Å². The molecule has 1 aromatic heterocycles. The topological polar surface area (TPSA) is 55.9 Å². The van der Waals surface area contributed by atoms with Crippen LogP contribution in [0.2, 0.25) is 0 Å². The summed E-state index contributed by atoms with van der Waals surface area (Å²) in [6.07, 6.45) is 1.92. The number of fused-ring (bicyclic) bond motifs is 1. The minimum atomic E-state index is 0.204. The largest absolute Gasteiger partial charge is 0.486 e. The maximum atomic E-state index is 5.66. The molecule has 0 spiro atoms. The summed E-state index contributed by atoms with van der Waals surface area (Å²) in [5, 5.41) is 3.54. The number of anilines is 1. The van der Waals surface area contributed by atoms with Gasteiger partial charge >= 0.3 is 0 Å². The standard InChI is InChI=1S/C20H27N3O3/c1-15(17-5-6-18-19(12-17)26-11-10-25-18)21-13-16-4-7-20(22-14-16)23(2)8-9-24-3/h4-7,12,14-15,21H,8-11,13H2,1-3H3/t15-/m1/s1. The third-order valence-electron chi connectivity index (χ3n) is 4.51. The first kappa shape index (κ1) is 18.5. The van der Waals surface area contributed by atoms with Crippen LogP contribution in [0.5, 0.6) is 11.5 Å². The van der Waals surface area contributed by atoms with E-state index in [0.717, 1.165) is 36.0 Å². The van der Waals surface area contributed by atoms with Crippen LogP contribution in [-0.4, -0.2) is 45.5 Å². The molecule has 1 aliphatic heterocycles. The van der Waals surface area contributed by atoms with Crippen molar-refractivity contribution >= 4 is 5.82 Å². The Morgan fingerprint density at radius 3 is 2.73 bits per heavy atom. The normalized spacial score (nSPS) is 14.1. The zero-order chi connectivity index (χ0) is 18.4. The number of aromatic nitrogens is 1. The smallest absolute Gasteiger partial charge is 0.161 e. The van der Waals surface area contributed by atoms with Gasteiger partial charge in [-0.3, -0.25) is 0 Å². The number of hydrogen-bond donors (Lipinski definition) is 1. The average molecular weight is 357 g/mol. The molecule has 1 atom stereocenters. The summed E-state index contributed by atoms with van der Waals surface area (Å²) in [5.41, 5.74) is 2.33. The predicted octanol–water partition coefficient (Wildman–Crippen LogP) is 2.79. The molecule has 0 saturated carbocycles. The quantitative estimate of drug-likeness (QED) is 0.784. The Balaban J connectivity index is 1.55. The van der Waals surface area contributed by atoms with Crippen molar-refractivity contribution in [3.63, 3.8) is 0 Å². The van der Waals surface area contributed by atoms with Gasteiger partial charge < -0.3 is 24.4 Å². The van der Waals surface area contributed by atoms with Crippen LogP contribution >= 0.6 is 0 Å². The number of nitrogens with zero attached hydrogens (tertiary/aromatic N) is 2. The molecular weight excluding hydrogens is 330 g/mol. The highest BCUT2D eigenvalue weighted by Crippen LogP contribution is 2.32. The lowest BCUT2D eigenvalue weighted by molar-refractivity contribution is 0.171. The summed E-state index contributed by atoms with van der Waals surface area (Å²) in [7, 11) is 3.72. The van der Waals surface area contributed by atoms with E-state index in [1.807, 2.05) is 25.4 Å². The number of methoxy groups -OCH3 is 1. The lowest BCUT2D eigenvalue weighted by Gasteiger charge is -2.21. The minimum Gasteiger partial charge on any atom is -0.486 e. The van der Waals surface area contributed by atoms with Crippen molar-refractivity contribution in [3.8, 4) is 11.5 Å². The van der Waals surface area contributed by atoms with Gasteiger partial charge in [0, 0.05) is 39.5 Å². The molecule has 0 aliphatic carbocycles. The van der Waals surface area contributed by atoms with E-state index in [1.165, 1.54) is 5.56 Å². The third kappa shape index (κ3) is 4.65. The number of benzene rings is 1. The van der Waals surface area contributed by atoms with Crippen LogP contribution in [0.1, 0.15) is 24.1 Å². The van der Waals surface area contributed by atoms with Crippen molar-refractivity contribution in [1.82, 2.24) is 10.3 Å². The molecule has 0 unspecified atom stereocenters. The summed E-state index contributed by atoms with van der Waals surface area (Å²) < 4.78 is 16.3. The SMILES string of the molecule is COCCN(C)c1ccc(CN[C@H](C)c2ccc3c(c2)OCCO3)cn1. The van der Waals surface area contributed by atoms with E-state index in [0.29, 0.717) is 19.8 Å². The monoisotopic (exact) mass is 357 g/mol. The number of nitrogens with one attached hydrogen (secondary N) is 1. The van der Waals surface area contributed by atoms with Gasteiger partial charge in [0.05, 0.1) is 6.61 Å². The zero-order valence-electron chi connectivity index (χ0n) is 15.7. The van der Waals surface area contributed by atoms with Crippen LogP contribution < -0.4 is 19.7 Å². The Kier molecular flexibility index (Phi) is 6.30. The fraction of sp³-hybridized carbons (Fsp3) is 0.450. The molecule has 3 rings (SSSR count). The Hall–Kier alpha value is -2.31. The Morgan fingerprint density at radius 1 is 1.19 bits per heavy atom. The first-order chi connectivity index (χ1) is 12.7. The van der Waals surface area contributed by atoms with E-state index in [-0.39, 0.29) is 6.04 Å². The van der Waals surface area contributed by atoms with Crippen LogP contribution in [0.25, 0.3) is 0 Å². The summed E-state index contributed by atoms with van der Waals surface area (Å²) in [5.74, 6) is 2.60. The summed E-state index contributed by atoms with van der Waals surface area (Å²) in [4.78, 5) is 6.62. The van der Waals surface area contributed by atoms with Crippen LogP contribution in [0.4, 0.5) is 5.82 Å². The lowest BCUT2D eigenvalue weighted by atomic mass is 10.1. The van der Waals surface area contributed by atoms with Gasteiger partial charge in [0.2, 0.25) is 0 Å². The molecule has 26 heavy (non-hydrogen) atoms. The number of hydrogen-bond acceptors (Lipinski definition) is 6. The second-order valence-electron chi connectivity index (χ2n) is 6.44. The maximum Gasteiger partial charge on any atom is 0.161 e. The van der Waals surface area contributed by atoms with Gasteiger partial charge in [-0.15, -0.1) is 0 Å². The van der Waals surface area contributed by atoms with Gasteiger partial charge in [0.25, 0.3) is 0 Å². The molecule has 1 aromatic carbocycles. The molecule has 1 aliphatic rings. The van der Waals surface area contributed by atoms with E-state index >= 15 is 0 Å². The first-order valence-electron chi connectivity index (χ1n) is 8.95. The molecule has 0 saturated heterocycles. The Bertz CT molecular complexity index is 706. The summed E-state index contributed by atoms with van der Waals surface area (Å²) in [6.45, 7) is 5.63. The molecule has 140 valence electrons.